The molecule has 0 amide bonds. The van der Waals surface area contributed by atoms with E-state index in [4.69, 9.17) is 5.73 Å². The quantitative estimate of drug-likeness (QED) is 0.827. The van der Waals surface area contributed by atoms with Gasteiger partial charge in [-0.25, -0.2) is 4.39 Å². The second-order valence-electron chi connectivity index (χ2n) is 3.60. The lowest BCUT2D eigenvalue weighted by Gasteiger charge is -2.13. The predicted molar refractivity (Wildman–Crippen MR) is 65.2 cm³/mol. The fourth-order valence-corrected chi connectivity index (χ4v) is 2.06. The van der Waals surface area contributed by atoms with Gasteiger partial charge in [-0.1, -0.05) is 22.0 Å². The van der Waals surface area contributed by atoms with E-state index in [9.17, 15) is 4.39 Å². The summed E-state index contributed by atoms with van der Waals surface area (Å²) in [7, 11) is 0. The van der Waals surface area contributed by atoms with Gasteiger partial charge in [0.05, 0.1) is 0 Å². The number of rotatable bonds is 4. The van der Waals surface area contributed by atoms with Crippen LogP contribution in [0.15, 0.2) is 29.3 Å². The summed E-state index contributed by atoms with van der Waals surface area (Å²) in [6.07, 6.45) is 3.31. The van der Waals surface area contributed by atoms with Crippen molar-refractivity contribution in [3.63, 3.8) is 0 Å². The molecule has 0 radical (unpaired) electrons. The van der Waals surface area contributed by atoms with Crippen LogP contribution in [0.4, 0.5) is 4.39 Å². The Morgan fingerprint density at radius 1 is 1.60 bits per heavy atom. The van der Waals surface area contributed by atoms with Crippen LogP contribution in [0, 0.1) is 12.7 Å². The Morgan fingerprint density at radius 2 is 2.27 bits per heavy atom. The molecule has 0 saturated heterocycles. The van der Waals surface area contributed by atoms with Gasteiger partial charge in [-0.2, -0.15) is 0 Å². The fourth-order valence-electron chi connectivity index (χ4n) is 1.47. The third-order valence-electron chi connectivity index (χ3n) is 2.33. The number of nitrogens with two attached hydrogens (primary N) is 1. The third kappa shape index (κ3) is 3.14. The van der Waals surface area contributed by atoms with Crippen LogP contribution in [0.5, 0.6) is 0 Å². The van der Waals surface area contributed by atoms with Gasteiger partial charge in [0.1, 0.15) is 5.82 Å². The van der Waals surface area contributed by atoms with Crippen molar-refractivity contribution in [3.8, 4) is 0 Å². The van der Waals surface area contributed by atoms with Crippen LogP contribution in [-0.4, -0.2) is 0 Å². The summed E-state index contributed by atoms with van der Waals surface area (Å²) < 4.78 is 14.6. The summed E-state index contributed by atoms with van der Waals surface area (Å²) in [5, 5.41) is 0. The maximum Gasteiger partial charge on any atom is 0.130 e. The van der Waals surface area contributed by atoms with Crippen LogP contribution >= 0.6 is 15.9 Å². The van der Waals surface area contributed by atoms with Crippen molar-refractivity contribution in [1.29, 1.82) is 0 Å². The van der Waals surface area contributed by atoms with Gasteiger partial charge >= 0.3 is 0 Å². The molecule has 1 aromatic rings. The van der Waals surface area contributed by atoms with E-state index in [2.05, 4.69) is 22.5 Å². The van der Waals surface area contributed by atoms with Crippen LogP contribution in [-0.2, 0) is 0 Å². The van der Waals surface area contributed by atoms with Gasteiger partial charge in [0.25, 0.3) is 0 Å². The van der Waals surface area contributed by atoms with Gasteiger partial charge in [-0.15, -0.1) is 6.58 Å². The Morgan fingerprint density at radius 3 is 2.87 bits per heavy atom. The van der Waals surface area contributed by atoms with Gasteiger partial charge in [-0.05, 0) is 37.5 Å². The first-order valence-corrected chi connectivity index (χ1v) is 5.67. The molecule has 0 heterocycles. The highest BCUT2D eigenvalue weighted by Gasteiger charge is 2.13. The van der Waals surface area contributed by atoms with E-state index in [1.165, 1.54) is 0 Å². The summed E-state index contributed by atoms with van der Waals surface area (Å²) in [6, 6.07) is 3.23. The molecule has 1 nitrogen and oxygen atoms in total. The molecule has 1 aromatic carbocycles. The second-order valence-corrected chi connectivity index (χ2v) is 4.51. The highest BCUT2D eigenvalue weighted by Crippen LogP contribution is 2.25. The topological polar surface area (TPSA) is 26.0 Å². The van der Waals surface area contributed by atoms with E-state index in [0.717, 1.165) is 17.3 Å². The molecule has 1 atom stereocenters. The first kappa shape index (κ1) is 12.4. The summed E-state index contributed by atoms with van der Waals surface area (Å²) >= 11 is 3.34. The van der Waals surface area contributed by atoms with E-state index >= 15 is 0 Å². The molecular formula is C12H15BrFN. The van der Waals surface area contributed by atoms with Crippen molar-refractivity contribution in [1.82, 2.24) is 0 Å². The molecule has 0 spiro atoms. The summed E-state index contributed by atoms with van der Waals surface area (Å²) in [4.78, 5) is 0. The van der Waals surface area contributed by atoms with Crippen LogP contribution in [0.3, 0.4) is 0 Å². The molecule has 0 bridgehead atoms. The highest BCUT2D eigenvalue weighted by atomic mass is 79.9. The Balaban J connectivity index is 2.96. The van der Waals surface area contributed by atoms with E-state index in [1.54, 1.807) is 25.1 Å². The standard InChI is InChI=1S/C12H15BrFN/c1-3-4-5-11(15)10-7-9(13)6-8(2)12(10)14/h3,6-7,11H,1,4-5,15H2,2H3/t11-/m0/s1. The number of hydrogen-bond donors (Lipinski definition) is 1. The summed E-state index contributed by atoms with van der Waals surface area (Å²) in [5.41, 5.74) is 7.10. The third-order valence-corrected chi connectivity index (χ3v) is 2.79. The van der Waals surface area contributed by atoms with Gasteiger partial charge in [0.2, 0.25) is 0 Å². The maximum atomic E-state index is 13.7. The van der Waals surface area contributed by atoms with Crippen molar-refractivity contribution in [2.45, 2.75) is 25.8 Å². The largest absolute Gasteiger partial charge is 0.324 e. The number of allylic oxidation sites excluding steroid dienone is 1. The average molecular weight is 272 g/mol. The number of benzene rings is 1. The van der Waals surface area contributed by atoms with Crippen LogP contribution in [0.2, 0.25) is 0 Å². The van der Waals surface area contributed by atoms with E-state index in [0.29, 0.717) is 11.1 Å². The molecule has 1 rings (SSSR count). The maximum absolute atomic E-state index is 13.7. The molecule has 0 unspecified atom stereocenters. The zero-order chi connectivity index (χ0) is 11.4. The molecule has 0 aliphatic carbocycles. The number of halogens is 2. The SMILES string of the molecule is C=CCC[C@H](N)c1cc(Br)cc(C)c1F. The van der Waals surface area contributed by atoms with Crippen molar-refractivity contribution in [3.05, 3.63) is 46.2 Å². The minimum atomic E-state index is -0.265. The lowest BCUT2D eigenvalue weighted by Crippen LogP contribution is -2.12. The molecular weight excluding hydrogens is 257 g/mol. The van der Waals surface area contributed by atoms with Crippen molar-refractivity contribution >= 4 is 15.9 Å². The Bertz CT molecular complexity index is 363. The highest BCUT2D eigenvalue weighted by molar-refractivity contribution is 9.10. The van der Waals surface area contributed by atoms with Crippen LogP contribution in [0.25, 0.3) is 0 Å². The van der Waals surface area contributed by atoms with Crippen molar-refractivity contribution in [2.24, 2.45) is 5.73 Å². The van der Waals surface area contributed by atoms with E-state index in [1.807, 2.05) is 0 Å². The van der Waals surface area contributed by atoms with Crippen LogP contribution < -0.4 is 5.73 Å². The monoisotopic (exact) mass is 271 g/mol. The van der Waals surface area contributed by atoms with E-state index < -0.39 is 0 Å². The van der Waals surface area contributed by atoms with Gasteiger partial charge in [0.15, 0.2) is 0 Å². The normalized spacial score (nSPS) is 12.5. The Hall–Kier alpha value is -0.670. The van der Waals surface area contributed by atoms with E-state index in [-0.39, 0.29) is 11.9 Å². The zero-order valence-corrected chi connectivity index (χ0v) is 10.3. The average Bonchev–Trinajstić information content (AvgIpc) is 2.19. The minimum absolute atomic E-state index is 0.199. The Labute approximate surface area is 98.3 Å². The molecule has 0 aliphatic rings. The molecule has 0 fully saturated rings. The van der Waals surface area contributed by atoms with Crippen molar-refractivity contribution in [2.75, 3.05) is 0 Å². The van der Waals surface area contributed by atoms with Crippen LogP contribution in [0.1, 0.15) is 30.0 Å². The summed E-state index contributed by atoms with van der Waals surface area (Å²) in [6.45, 7) is 5.37. The van der Waals surface area contributed by atoms with Gasteiger partial charge in [-0.3, -0.25) is 0 Å². The van der Waals surface area contributed by atoms with Crippen molar-refractivity contribution < 1.29 is 4.39 Å². The first-order valence-electron chi connectivity index (χ1n) is 4.88. The second kappa shape index (κ2) is 5.42. The fraction of sp³-hybridized carbons (Fsp3) is 0.333. The molecule has 15 heavy (non-hydrogen) atoms. The molecule has 0 saturated carbocycles. The minimum Gasteiger partial charge on any atom is -0.324 e. The van der Waals surface area contributed by atoms with Gasteiger partial charge < -0.3 is 5.73 Å². The molecule has 82 valence electrons. The summed E-state index contributed by atoms with van der Waals surface area (Å²) in [5.74, 6) is -0.199. The first-order chi connectivity index (χ1) is 7.06. The smallest absolute Gasteiger partial charge is 0.130 e. The molecule has 2 N–H and O–H groups in total. The van der Waals surface area contributed by atoms with Gasteiger partial charge in [0, 0.05) is 16.1 Å². The molecule has 3 heteroatoms. The number of hydrogen-bond acceptors (Lipinski definition) is 1. The molecule has 0 aromatic heterocycles. The predicted octanol–water partition coefficient (Wildman–Crippen LogP) is 3.86. The lowest BCUT2D eigenvalue weighted by atomic mass is 10.0. The Kier molecular flexibility index (Phi) is 4.48. The molecule has 0 aliphatic heterocycles. The zero-order valence-electron chi connectivity index (χ0n) is 8.76. The lowest BCUT2D eigenvalue weighted by molar-refractivity contribution is 0.559. The number of aryl methyl sites for hydroxylation is 1.